The summed E-state index contributed by atoms with van der Waals surface area (Å²) in [5.74, 6) is -0.174. The summed E-state index contributed by atoms with van der Waals surface area (Å²) in [5.41, 5.74) is 7.05. The number of carbonyl (C=O) groups is 1. The number of hydrogen-bond donors (Lipinski definition) is 3. The smallest absolute Gasteiger partial charge is 0.238 e. The van der Waals surface area contributed by atoms with Crippen LogP contribution in [0.5, 0.6) is 0 Å². The molecule has 0 saturated carbocycles. The van der Waals surface area contributed by atoms with Crippen molar-refractivity contribution < 1.29 is 4.79 Å². The first-order valence-corrected chi connectivity index (χ1v) is 5.60. The lowest BCUT2D eigenvalue weighted by atomic mass is 10.2. The number of unbranched alkanes of at least 4 members (excludes halogenated alkanes) is 1. The van der Waals surface area contributed by atoms with E-state index >= 15 is 0 Å². The van der Waals surface area contributed by atoms with E-state index in [0.717, 1.165) is 24.3 Å². The zero-order valence-corrected chi connectivity index (χ0v) is 9.62. The quantitative estimate of drug-likeness (QED) is 0.642. The van der Waals surface area contributed by atoms with E-state index in [2.05, 4.69) is 17.6 Å². The molecule has 0 atom stereocenters. The van der Waals surface area contributed by atoms with Gasteiger partial charge in [0.2, 0.25) is 5.91 Å². The van der Waals surface area contributed by atoms with Crippen LogP contribution in [0.3, 0.4) is 0 Å². The van der Waals surface area contributed by atoms with Crippen molar-refractivity contribution in [3.05, 3.63) is 24.3 Å². The molecule has 1 aromatic rings. The highest BCUT2D eigenvalue weighted by Gasteiger charge is 1.98. The van der Waals surface area contributed by atoms with Crippen LogP contribution in [0.4, 0.5) is 11.4 Å². The van der Waals surface area contributed by atoms with E-state index in [9.17, 15) is 4.79 Å². The Bertz CT molecular complexity index is 322. The Hall–Kier alpha value is -1.55. The molecular weight excluding hydrogens is 202 g/mol. The van der Waals surface area contributed by atoms with E-state index < -0.39 is 0 Å². The van der Waals surface area contributed by atoms with Crippen LogP contribution in [0.2, 0.25) is 0 Å². The number of rotatable bonds is 6. The van der Waals surface area contributed by atoms with Crippen LogP contribution in [0.15, 0.2) is 24.3 Å². The molecule has 0 aliphatic carbocycles. The molecule has 0 saturated heterocycles. The first-order valence-electron chi connectivity index (χ1n) is 5.60. The van der Waals surface area contributed by atoms with Gasteiger partial charge in [0.15, 0.2) is 0 Å². The summed E-state index contributed by atoms with van der Waals surface area (Å²) in [7, 11) is 0. The Kier molecular flexibility index (Phi) is 5.36. The number of nitrogens with one attached hydrogen (secondary N) is 2. The van der Waals surface area contributed by atoms with Crippen LogP contribution in [-0.4, -0.2) is 19.0 Å². The third-order valence-electron chi connectivity index (χ3n) is 2.21. The maximum Gasteiger partial charge on any atom is 0.238 e. The zero-order chi connectivity index (χ0) is 11.8. The molecule has 0 aliphatic rings. The molecule has 0 radical (unpaired) electrons. The summed E-state index contributed by atoms with van der Waals surface area (Å²) < 4.78 is 0. The van der Waals surface area contributed by atoms with Gasteiger partial charge in [0.1, 0.15) is 0 Å². The van der Waals surface area contributed by atoms with Gasteiger partial charge in [-0.1, -0.05) is 13.3 Å². The minimum absolute atomic E-state index is 0.0104. The first kappa shape index (κ1) is 12.5. The zero-order valence-electron chi connectivity index (χ0n) is 9.62. The fraction of sp³-hybridized carbons (Fsp3) is 0.417. The van der Waals surface area contributed by atoms with Gasteiger partial charge in [0, 0.05) is 17.9 Å². The van der Waals surface area contributed by atoms with Crippen molar-refractivity contribution in [1.82, 2.24) is 0 Å². The van der Waals surface area contributed by atoms with E-state index in [1.807, 2.05) is 24.3 Å². The lowest BCUT2D eigenvalue weighted by molar-refractivity contribution is -0.114. The molecular formula is C12H19N3O. The monoisotopic (exact) mass is 221 g/mol. The Morgan fingerprint density at radius 1 is 1.25 bits per heavy atom. The second kappa shape index (κ2) is 6.85. The molecule has 0 aromatic heterocycles. The Balaban J connectivity index is 2.44. The number of hydrogen-bond acceptors (Lipinski definition) is 3. The molecule has 0 unspecified atom stereocenters. The molecule has 0 heterocycles. The molecule has 88 valence electrons. The van der Waals surface area contributed by atoms with Crippen LogP contribution in [-0.2, 0) is 4.79 Å². The van der Waals surface area contributed by atoms with E-state index in [1.54, 1.807) is 0 Å². The van der Waals surface area contributed by atoms with Crippen LogP contribution in [0.1, 0.15) is 19.8 Å². The Morgan fingerprint density at radius 2 is 1.88 bits per heavy atom. The van der Waals surface area contributed by atoms with Gasteiger partial charge in [-0.2, -0.15) is 0 Å². The van der Waals surface area contributed by atoms with Crippen LogP contribution in [0, 0.1) is 0 Å². The van der Waals surface area contributed by atoms with Crippen molar-refractivity contribution in [3.63, 3.8) is 0 Å². The van der Waals surface area contributed by atoms with Gasteiger partial charge < -0.3 is 16.4 Å². The van der Waals surface area contributed by atoms with Crippen LogP contribution < -0.4 is 16.4 Å². The molecule has 0 bridgehead atoms. The van der Waals surface area contributed by atoms with Gasteiger partial charge in [-0.05, 0) is 30.7 Å². The highest BCUT2D eigenvalue weighted by atomic mass is 16.1. The predicted molar refractivity (Wildman–Crippen MR) is 67.5 cm³/mol. The van der Waals surface area contributed by atoms with Gasteiger partial charge >= 0.3 is 0 Å². The highest BCUT2D eigenvalue weighted by molar-refractivity contribution is 5.92. The average molecular weight is 221 g/mol. The van der Waals surface area contributed by atoms with Gasteiger partial charge in [-0.25, -0.2) is 0 Å². The number of anilines is 2. The summed E-state index contributed by atoms with van der Waals surface area (Å²) in [6.45, 7) is 3.15. The fourth-order valence-electron chi connectivity index (χ4n) is 1.29. The Morgan fingerprint density at radius 3 is 2.44 bits per heavy atom. The molecule has 4 N–H and O–H groups in total. The number of nitrogens with two attached hydrogens (primary N) is 1. The molecule has 1 aromatic carbocycles. The van der Waals surface area contributed by atoms with Crippen molar-refractivity contribution in [3.8, 4) is 0 Å². The first-order chi connectivity index (χ1) is 7.76. The van der Waals surface area contributed by atoms with Gasteiger partial charge in [0.25, 0.3) is 0 Å². The van der Waals surface area contributed by atoms with Crippen molar-refractivity contribution in [2.75, 3.05) is 23.7 Å². The van der Waals surface area contributed by atoms with E-state index in [-0.39, 0.29) is 12.5 Å². The SMILES string of the molecule is CCCCNc1ccc(NC(=O)CN)cc1. The minimum Gasteiger partial charge on any atom is -0.385 e. The molecule has 4 heteroatoms. The minimum atomic E-state index is -0.174. The third-order valence-corrected chi connectivity index (χ3v) is 2.21. The number of benzene rings is 1. The Labute approximate surface area is 96.2 Å². The van der Waals surface area contributed by atoms with Crippen LogP contribution in [0.25, 0.3) is 0 Å². The molecule has 0 spiro atoms. The third kappa shape index (κ3) is 4.31. The van der Waals surface area contributed by atoms with Crippen molar-refractivity contribution in [2.45, 2.75) is 19.8 Å². The molecule has 0 fully saturated rings. The molecule has 1 rings (SSSR count). The maximum atomic E-state index is 11.0. The van der Waals surface area contributed by atoms with E-state index in [4.69, 9.17) is 5.73 Å². The second-order valence-corrected chi connectivity index (χ2v) is 3.61. The fourth-order valence-corrected chi connectivity index (χ4v) is 1.29. The number of amides is 1. The topological polar surface area (TPSA) is 67.1 Å². The van der Waals surface area contributed by atoms with E-state index in [1.165, 1.54) is 6.42 Å². The van der Waals surface area contributed by atoms with Crippen molar-refractivity contribution in [2.24, 2.45) is 5.73 Å². The van der Waals surface area contributed by atoms with Gasteiger partial charge in [-0.15, -0.1) is 0 Å². The molecule has 1 amide bonds. The summed E-state index contributed by atoms with van der Waals surface area (Å²) in [5, 5.41) is 6.00. The lowest BCUT2D eigenvalue weighted by Crippen LogP contribution is -2.21. The molecule has 0 aliphatic heterocycles. The van der Waals surface area contributed by atoms with Crippen molar-refractivity contribution >= 4 is 17.3 Å². The number of carbonyl (C=O) groups excluding carboxylic acids is 1. The average Bonchev–Trinajstić information content (AvgIpc) is 2.31. The van der Waals surface area contributed by atoms with Crippen molar-refractivity contribution in [1.29, 1.82) is 0 Å². The summed E-state index contributed by atoms with van der Waals surface area (Å²) >= 11 is 0. The summed E-state index contributed by atoms with van der Waals surface area (Å²) in [6, 6.07) is 7.62. The van der Waals surface area contributed by atoms with Gasteiger partial charge in [-0.3, -0.25) is 4.79 Å². The summed E-state index contributed by atoms with van der Waals surface area (Å²) in [6.07, 6.45) is 2.34. The normalized spacial score (nSPS) is 9.88. The second-order valence-electron chi connectivity index (χ2n) is 3.61. The van der Waals surface area contributed by atoms with Crippen LogP contribution >= 0.6 is 0 Å². The highest BCUT2D eigenvalue weighted by Crippen LogP contribution is 2.13. The predicted octanol–water partition coefficient (Wildman–Crippen LogP) is 1.80. The molecule has 16 heavy (non-hydrogen) atoms. The lowest BCUT2D eigenvalue weighted by Gasteiger charge is -2.07. The standard InChI is InChI=1S/C12H19N3O/c1-2-3-8-14-10-4-6-11(7-5-10)15-12(16)9-13/h4-7,14H,2-3,8-9,13H2,1H3,(H,15,16). The largest absolute Gasteiger partial charge is 0.385 e. The van der Waals surface area contributed by atoms with E-state index in [0.29, 0.717) is 0 Å². The summed E-state index contributed by atoms with van der Waals surface area (Å²) in [4.78, 5) is 11.0. The van der Waals surface area contributed by atoms with Gasteiger partial charge in [0.05, 0.1) is 6.54 Å². The molecule has 4 nitrogen and oxygen atoms in total. The maximum absolute atomic E-state index is 11.0.